The maximum Gasteiger partial charge on any atom is 0.241 e. The second-order valence-electron chi connectivity index (χ2n) is 3.78. The summed E-state index contributed by atoms with van der Waals surface area (Å²) in [5.74, 6) is -0.0318. The van der Waals surface area contributed by atoms with Crippen LogP contribution < -0.4 is 11.5 Å². The summed E-state index contributed by atoms with van der Waals surface area (Å²) >= 11 is 0. The molecule has 0 aromatic heterocycles. The summed E-state index contributed by atoms with van der Waals surface area (Å²) in [6, 6.07) is 5.80. The Kier molecular flexibility index (Phi) is 3.50. The van der Waals surface area contributed by atoms with Crippen molar-refractivity contribution in [2.24, 2.45) is 5.73 Å². The second kappa shape index (κ2) is 4.64. The fourth-order valence-electron chi connectivity index (χ4n) is 1.27. The lowest BCUT2D eigenvalue weighted by atomic mass is 9.99. The van der Waals surface area contributed by atoms with Gasteiger partial charge < -0.3 is 11.5 Å². The monoisotopic (exact) mass is 204 g/mol. The van der Waals surface area contributed by atoms with Crippen molar-refractivity contribution in [1.82, 2.24) is 0 Å². The number of carbonyl (C=O) groups is 1. The quantitative estimate of drug-likeness (QED) is 0.583. The molecule has 0 aliphatic carbocycles. The van der Waals surface area contributed by atoms with E-state index in [1.165, 1.54) is 11.6 Å². The topological polar surface area (TPSA) is 69.1 Å². The number of anilines is 1. The minimum absolute atomic E-state index is 0.436. The Morgan fingerprint density at radius 1 is 1.40 bits per heavy atom. The van der Waals surface area contributed by atoms with E-state index in [9.17, 15) is 4.79 Å². The molecule has 0 fully saturated rings. The first-order valence-corrected chi connectivity index (χ1v) is 4.87. The zero-order valence-corrected chi connectivity index (χ0v) is 9.03. The highest BCUT2D eigenvalue weighted by atomic mass is 16.1. The number of hydrogen-bond acceptors (Lipinski definition) is 2. The van der Waals surface area contributed by atoms with Crippen molar-refractivity contribution in [2.75, 3.05) is 5.73 Å². The molecule has 3 heteroatoms. The maximum absolute atomic E-state index is 10.6. The van der Waals surface area contributed by atoms with E-state index < -0.39 is 5.91 Å². The normalized spacial score (nSPS) is 11.1. The van der Waals surface area contributed by atoms with Crippen LogP contribution in [0.3, 0.4) is 0 Å². The van der Waals surface area contributed by atoms with Crippen molar-refractivity contribution in [3.05, 3.63) is 35.4 Å². The van der Waals surface area contributed by atoms with Crippen LogP contribution in [-0.4, -0.2) is 5.91 Å². The van der Waals surface area contributed by atoms with Gasteiger partial charge in [-0.3, -0.25) is 4.79 Å². The van der Waals surface area contributed by atoms with Crippen molar-refractivity contribution in [3.63, 3.8) is 0 Å². The van der Waals surface area contributed by atoms with Gasteiger partial charge in [-0.15, -0.1) is 0 Å². The number of nitrogens with two attached hydrogens (primary N) is 2. The average Bonchev–Trinajstić information content (AvgIpc) is 2.16. The Hall–Kier alpha value is -1.77. The lowest BCUT2D eigenvalue weighted by Gasteiger charge is -2.08. The van der Waals surface area contributed by atoms with Gasteiger partial charge in [-0.2, -0.15) is 0 Å². The van der Waals surface area contributed by atoms with Gasteiger partial charge in [-0.1, -0.05) is 19.9 Å². The van der Waals surface area contributed by atoms with Crippen LogP contribution in [-0.2, 0) is 4.79 Å². The highest BCUT2D eigenvalue weighted by molar-refractivity contribution is 5.91. The first-order valence-electron chi connectivity index (χ1n) is 4.87. The molecule has 0 saturated heterocycles. The zero-order chi connectivity index (χ0) is 11.4. The summed E-state index contributed by atoms with van der Waals surface area (Å²) < 4.78 is 0. The minimum atomic E-state index is -0.468. The molecule has 80 valence electrons. The van der Waals surface area contributed by atoms with Gasteiger partial charge in [0.15, 0.2) is 0 Å². The number of hydrogen-bond donors (Lipinski definition) is 2. The van der Waals surface area contributed by atoms with E-state index in [-0.39, 0.29) is 0 Å². The molecule has 1 rings (SSSR count). The molecule has 0 bridgehead atoms. The van der Waals surface area contributed by atoms with Crippen LogP contribution >= 0.6 is 0 Å². The van der Waals surface area contributed by atoms with E-state index in [2.05, 4.69) is 13.8 Å². The van der Waals surface area contributed by atoms with Gasteiger partial charge in [-0.05, 0) is 35.3 Å². The van der Waals surface area contributed by atoms with E-state index in [4.69, 9.17) is 11.5 Å². The molecule has 1 aromatic carbocycles. The predicted molar refractivity (Wildman–Crippen MR) is 63.2 cm³/mol. The van der Waals surface area contributed by atoms with E-state index >= 15 is 0 Å². The van der Waals surface area contributed by atoms with Gasteiger partial charge >= 0.3 is 0 Å². The van der Waals surface area contributed by atoms with Crippen molar-refractivity contribution in [2.45, 2.75) is 19.8 Å². The molecular weight excluding hydrogens is 188 g/mol. The molecule has 3 nitrogen and oxygen atoms in total. The third-order valence-electron chi connectivity index (χ3n) is 2.20. The van der Waals surface area contributed by atoms with E-state index in [1.54, 1.807) is 6.08 Å². The molecule has 0 heterocycles. The molecule has 0 radical (unpaired) electrons. The molecular formula is C12H16N2O. The van der Waals surface area contributed by atoms with Crippen LogP contribution in [0, 0.1) is 0 Å². The van der Waals surface area contributed by atoms with E-state index in [1.807, 2.05) is 18.2 Å². The molecule has 0 spiro atoms. The van der Waals surface area contributed by atoms with Crippen LogP contribution in [0.4, 0.5) is 5.69 Å². The Bertz CT molecular complexity index is 395. The lowest BCUT2D eigenvalue weighted by molar-refractivity contribution is -0.113. The van der Waals surface area contributed by atoms with Crippen molar-refractivity contribution in [3.8, 4) is 0 Å². The molecule has 4 N–H and O–H groups in total. The standard InChI is InChI=1S/C12H16N2O/c1-8(2)9-3-5-11(13)10(7-9)4-6-12(14)15/h3-8H,13H2,1-2H3,(H2,14,15). The minimum Gasteiger partial charge on any atom is -0.398 e. The summed E-state index contributed by atoms with van der Waals surface area (Å²) in [5, 5.41) is 0. The molecule has 0 unspecified atom stereocenters. The van der Waals surface area contributed by atoms with Crippen molar-refractivity contribution >= 4 is 17.7 Å². The molecule has 0 atom stereocenters. The van der Waals surface area contributed by atoms with Crippen LogP contribution in [0.5, 0.6) is 0 Å². The lowest BCUT2D eigenvalue weighted by Crippen LogP contribution is -2.05. The average molecular weight is 204 g/mol. The van der Waals surface area contributed by atoms with Crippen LogP contribution in [0.2, 0.25) is 0 Å². The van der Waals surface area contributed by atoms with Gasteiger partial charge in [0.1, 0.15) is 0 Å². The summed E-state index contributed by atoms with van der Waals surface area (Å²) in [4.78, 5) is 10.6. The number of carbonyl (C=O) groups excluding carboxylic acids is 1. The molecule has 0 aliphatic rings. The number of nitrogen functional groups attached to an aromatic ring is 1. The molecule has 1 amide bonds. The summed E-state index contributed by atoms with van der Waals surface area (Å²) in [6.07, 6.45) is 2.96. The van der Waals surface area contributed by atoms with E-state index in [0.29, 0.717) is 11.6 Å². The van der Waals surface area contributed by atoms with Gasteiger partial charge in [0.05, 0.1) is 0 Å². The van der Waals surface area contributed by atoms with Gasteiger partial charge in [0, 0.05) is 11.8 Å². The van der Waals surface area contributed by atoms with Crippen LogP contribution in [0.1, 0.15) is 30.9 Å². The first-order chi connectivity index (χ1) is 7.00. The van der Waals surface area contributed by atoms with Crippen molar-refractivity contribution in [1.29, 1.82) is 0 Å². The first kappa shape index (κ1) is 11.3. The van der Waals surface area contributed by atoms with Gasteiger partial charge in [-0.25, -0.2) is 0 Å². The van der Waals surface area contributed by atoms with Crippen LogP contribution in [0.15, 0.2) is 24.3 Å². The predicted octanol–water partition coefficient (Wildman–Crippen LogP) is 1.89. The highest BCUT2D eigenvalue weighted by Gasteiger charge is 2.02. The van der Waals surface area contributed by atoms with E-state index in [0.717, 1.165) is 5.56 Å². The smallest absolute Gasteiger partial charge is 0.241 e. The Labute approximate surface area is 89.8 Å². The Morgan fingerprint density at radius 2 is 2.07 bits per heavy atom. The largest absolute Gasteiger partial charge is 0.398 e. The Balaban J connectivity index is 3.05. The zero-order valence-electron chi connectivity index (χ0n) is 9.03. The third kappa shape index (κ3) is 3.13. The molecule has 0 aliphatic heterocycles. The van der Waals surface area contributed by atoms with Crippen LogP contribution in [0.25, 0.3) is 6.08 Å². The van der Waals surface area contributed by atoms with Gasteiger partial charge in [0.25, 0.3) is 0 Å². The summed E-state index contributed by atoms with van der Waals surface area (Å²) in [5.41, 5.74) is 13.5. The number of amides is 1. The molecule has 1 aromatic rings. The van der Waals surface area contributed by atoms with Crippen molar-refractivity contribution < 1.29 is 4.79 Å². The van der Waals surface area contributed by atoms with Gasteiger partial charge in [0.2, 0.25) is 5.91 Å². The third-order valence-corrected chi connectivity index (χ3v) is 2.20. The number of benzene rings is 1. The maximum atomic E-state index is 10.6. The SMILES string of the molecule is CC(C)c1ccc(N)c(C=CC(N)=O)c1. The molecule has 0 saturated carbocycles. The summed E-state index contributed by atoms with van der Waals surface area (Å²) in [7, 11) is 0. The highest BCUT2D eigenvalue weighted by Crippen LogP contribution is 2.21. The number of rotatable bonds is 3. The fraction of sp³-hybridized carbons (Fsp3) is 0.250. The Morgan fingerprint density at radius 3 is 2.60 bits per heavy atom. The number of primary amides is 1. The second-order valence-corrected chi connectivity index (χ2v) is 3.78. The fourth-order valence-corrected chi connectivity index (χ4v) is 1.27. The molecule has 15 heavy (non-hydrogen) atoms. The summed E-state index contributed by atoms with van der Waals surface area (Å²) in [6.45, 7) is 4.21.